The molecule has 0 aromatic rings. The Balaban J connectivity index is 4.14. The summed E-state index contributed by atoms with van der Waals surface area (Å²) in [6, 6.07) is 0. The van der Waals surface area contributed by atoms with Crippen molar-refractivity contribution in [2.75, 3.05) is 6.23 Å². The monoisotopic (exact) mass is 162 g/mol. The van der Waals surface area contributed by atoms with Crippen LogP contribution in [0.15, 0.2) is 0 Å². The Morgan fingerprint density at radius 2 is 1.33 bits per heavy atom. The van der Waals surface area contributed by atoms with Gasteiger partial charge < -0.3 is 5.11 Å². The van der Waals surface area contributed by atoms with Crippen LogP contribution in [0.3, 0.4) is 0 Å². The van der Waals surface area contributed by atoms with Crippen molar-refractivity contribution in [1.29, 1.82) is 0 Å². The maximum atomic E-state index is 9.03. The van der Waals surface area contributed by atoms with Crippen molar-refractivity contribution < 1.29 is 5.11 Å². The minimum atomic E-state index is -1.18. The fourth-order valence-corrected chi connectivity index (χ4v) is 2.13. The third-order valence-corrected chi connectivity index (χ3v) is 19.9. The normalized spacial score (nSPS) is 14.0. The lowest BCUT2D eigenvalue weighted by atomic mass is 11.7. The molecule has 0 amide bonds. The first-order valence-electron chi connectivity index (χ1n) is 3.42. The average molecular weight is 162 g/mol. The predicted octanol–water partition coefficient (Wildman–Crippen LogP) is 1.64. The minimum Gasteiger partial charge on any atom is -0.400 e. The van der Waals surface area contributed by atoms with Gasteiger partial charge in [0.1, 0.15) is 0 Å². The molecule has 3 heteroatoms. The average Bonchev–Trinajstić information content (AvgIpc) is 1.64. The second kappa shape index (κ2) is 2.56. The molecule has 0 rings (SSSR count). The molecule has 0 radical (unpaired) electrons. The van der Waals surface area contributed by atoms with Crippen LogP contribution in [0.2, 0.25) is 32.7 Å². The highest BCUT2D eigenvalue weighted by molar-refractivity contribution is 7.40. The second-order valence-corrected chi connectivity index (χ2v) is 21.4. The van der Waals surface area contributed by atoms with E-state index in [0.29, 0.717) is 6.23 Å². The van der Waals surface area contributed by atoms with Gasteiger partial charge in [-0.1, -0.05) is 32.7 Å². The third kappa shape index (κ3) is 2.23. The molecule has 0 unspecified atom stereocenters. The molecule has 0 saturated heterocycles. The summed E-state index contributed by atoms with van der Waals surface area (Å²) in [4.78, 5) is 0. The van der Waals surface area contributed by atoms with Crippen molar-refractivity contribution >= 4 is 15.2 Å². The Morgan fingerprint density at radius 1 is 1.00 bits per heavy atom. The number of hydrogen-bond donors (Lipinski definition) is 1. The molecule has 0 atom stereocenters. The maximum Gasteiger partial charge on any atom is 0.0708 e. The van der Waals surface area contributed by atoms with Crippen LogP contribution in [0.25, 0.3) is 0 Å². The van der Waals surface area contributed by atoms with Gasteiger partial charge in [-0.2, -0.15) is 0 Å². The van der Waals surface area contributed by atoms with Crippen molar-refractivity contribution in [1.82, 2.24) is 0 Å². The van der Waals surface area contributed by atoms with Gasteiger partial charge in [-0.25, -0.2) is 0 Å². The van der Waals surface area contributed by atoms with Crippen LogP contribution < -0.4 is 0 Å². The Kier molecular flexibility index (Phi) is 2.67. The molecule has 0 spiro atoms. The molecule has 9 heavy (non-hydrogen) atoms. The Bertz CT molecular complexity index is 93.7. The van der Waals surface area contributed by atoms with E-state index in [-0.39, 0.29) is 0 Å². The summed E-state index contributed by atoms with van der Waals surface area (Å²) >= 11 is 0. The van der Waals surface area contributed by atoms with E-state index in [1.54, 1.807) is 0 Å². The van der Waals surface area contributed by atoms with Crippen molar-refractivity contribution in [3.63, 3.8) is 0 Å². The summed E-state index contributed by atoms with van der Waals surface area (Å²) in [5.74, 6) is 0. The fourth-order valence-electron chi connectivity index (χ4n) is 0.237. The highest BCUT2D eigenvalue weighted by Gasteiger charge is 2.35. The maximum absolute atomic E-state index is 9.03. The largest absolute Gasteiger partial charge is 0.400 e. The molecule has 0 bridgehead atoms. The Morgan fingerprint density at radius 3 is 1.33 bits per heavy atom. The highest BCUT2D eigenvalue weighted by atomic mass is 29.3. The Hall–Kier alpha value is 0.394. The van der Waals surface area contributed by atoms with Gasteiger partial charge in [0.2, 0.25) is 0 Å². The molecular weight excluding hydrogens is 144 g/mol. The van der Waals surface area contributed by atoms with E-state index in [9.17, 15) is 0 Å². The molecule has 1 N–H and O–H groups in total. The van der Waals surface area contributed by atoms with Crippen LogP contribution in [-0.2, 0) is 0 Å². The standard InChI is InChI=1S/C6H18OSi2/c1-8(2,3)9(4,5)6-7/h7H,6H2,1-5H3. The molecule has 0 aromatic carbocycles. The molecule has 1 nitrogen and oxygen atoms in total. The molecule has 0 saturated carbocycles. The number of aliphatic hydroxyl groups excluding tert-OH is 1. The summed E-state index contributed by atoms with van der Waals surface area (Å²) in [5, 5.41) is 9.03. The summed E-state index contributed by atoms with van der Waals surface area (Å²) in [6.45, 7) is 11.6. The van der Waals surface area contributed by atoms with Crippen molar-refractivity contribution in [3.05, 3.63) is 0 Å². The number of aliphatic hydroxyl groups is 1. The lowest BCUT2D eigenvalue weighted by Crippen LogP contribution is -2.55. The lowest BCUT2D eigenvalue weighted by molar-refractivity contribution is 0.361. The van der Waals surface area contributed by atoms with E-state index in [1.165, 1.54) is 0 Å². The van der Waals surface area contributed by atoms with Gasteiger partial charge in [-0.05, 0) is 0 Å². The number of hydrogen-bond acceptors (Lipinski definition) is 1. The van der Waals surface area contributed by atoms with E-state index < -0.39 is 15.2 Å². The number of rotatable bonds is 2. The van der Waals surface area contributed by atoms with Crippen molar-refractivity contribution in [2.24, 2.45) is 0 Å². The first kappa shape index (κ1) is 9.39. The van der Waals surface area contributed by atoms with Gasteiger partial charge in [0.25, 0.3) is 0 Å². The third-order valence-electron chi connectivity index (χ3n) is 2.43. The molecule has 0 aromatic heterocycles. The van der Waals surface area contributed by atoms with E-state index in [0.717, 1.165) is 0 Å². The second-order valence-electron chi connectivity index (χ2n) is 4.29. The van der Waals surface area contributed by atoms with Crippen LogP contribution in [0.4, 0.5) is 0 Å². The molecule has 0 heterocycles. The predicted molar refractivity (Wildman–Crippen MR) is 47.9 cm³/mol. The SMILES string of the molecule is C[Si](C)(C)[Si](C)(C)CO. The zero-order chi connectivity index (χ0) is 7.71. The van der Waals surface area contributed by atoms with E-state index in [2.05, 4.69) is 32.7 Å². The van der Waals surface area contributed by atoms with E-state index >= 15 is 0 Å². The summed E-state index contributed by atoms with van der Waals surface area (Å²) in [7, 11) is -2.18. The Labute approximate surface area is 59.9 Å². The van der Waals surface area contributed by atoms with Crippen molar-refractivity contribution in [2.45, 2.75) is 32.7 Å². The van der Waals surface area contributed by atoms with Crippen LogP contribution >= 0.6 is 0 Å². The van der Waals surface area contributed by atoms with Crippen molar-refractivity contribution in [3.8, 4) is 0 Å². The van der Waals surface area contributed by atoms with Gasteiger partial charge in [0.15, 0.2) is 0 Å². The molecule has 0 fully saturated rings. The lowest BCUT2D eigenvalue weighted by Gasteiger charge is -2.32. The molecule has 56 valence electrons. The van der Waals surface area contributed by atoms with Crippen LogP contribution in [-0.4, -0.2) is 26.5 Å². The van der Waals surface area contributed by atoms with Gasteiger partial charge >= 0.3 is 0 Å². The smallest absolute Gasteiger partial charge is 0.0708 e. The summed E-state index contributed by atoms with van der Waals surface area (Å²) in [5.41, 5.74) is 0. The fraction of sp³-hybridized carbons (Fsp3) is 1.00. The first-order chi connectivity index (χ1) is 3.81. The molecule has 0 aliphatic rings. The zero-order valence-corrected chi connectivity index (χ0v) is 9.15. The van der Waals surface area contributed by atoms with Crippen LogP contribution in [0.1, 0.15) is 0 Å². The summed E-state index contributed by atoms with van der Waals surface area (Å²) in [6.07, 6.45) is 0.461. The summed E-state index contributed by atoms with van der Waals surface area (Å²) < 4.78 is 0. The zero-order valence-electron chi connectivity index (χ0n) is 7.15. The first-order valence-corrected chi connectivity index (χ1v) is 11.1. The highest BCUT2D eigenvalue weighted by Crippen LogP contribution is 2.16. The van der Waals surface area contributed by atoms with Gasteiger partial charge in [0.05, 0.1) is 7.59 Å². The van der Waals surface area contributed by atoms with Gasteiger partial charge in [-0.3, -0.25) is 0 Å². The van der Waals surface area contributed by atoms with Gasteiger partial charge in [-0.15, -0.1) is 0 Å². The van der Waals surface area contributed by atoms with E-state index in [1.807, 2.05) is 0 Å². The molecule has 0 aliphatic carbocycles. The molecular formula is C6H18OSi2. The van der Waals surface area contributed by atoms with Crippen LogP contribution in [0.5, 0.6) is 0 Å². The van der Waals surface area contributed by atoms with Crippen LogP contribution in [0, 0.1) is 0 Å². The molecule has 0 aliphatic heterocycles. The minimum absolute atomic E-state index is 0.461. The van der Waals surface area contributed by atoms with E-state index in [4.69, 9.17) is 5.11 Å². The van der Waals surface area contributed by atoms with Gasteiger partial charge in [0, 0.05) is 13.8 Å². The topological polar surface area (TPSA) is 20.2 Å². The quantitative estimate of drug-likeness (QED) is 0.612.